The zero-order valence-corrected chi connectivity index (χ0v) is 18.7. The maximum atomic E-state index is 13.2. The van der Waals surface area contributed by atoms with Crippen molar-refractivity contribution in [2.24, 2.45) is 0 Å². The highest BCUT2D eigenvalue weighted by Gasteiger charge is 2.35. The molecule has 1 aliphatic rings. The quantitative estimate of drug-likeness (QED) is 0.605. The van der Waals surface area contributed by atoms with Crippen molar-refractivity contribution in [1.29, 1.82) is 0 Å². The molecule has 4 rings (SSSR count). The lowest BCUT2D eigenvalue weighted by Crippen LogP contribution is -2.60. The SMILES string of the molecule is COc1cccc(O[C@H](C)C(=O)N2CCNC(=O)[C@H]2Cc2ccc(-c3ccncc3)cc2)c1. The molecular weight excluding hydrogens is 418 g/mol. The number of carbonyl (C=O) groups excluding carboxylic acids is 2. The summed E-state index contributed by atoms with van der Waals surface area (Å²) in [5, 5.41) is 2.88. The number of aromatic nitrogens is 1. The number of nitrogens with zero attached hydrogens (tertiary/aromatic N) is 2. The maximum absolute atomic E-state index is 13.2. The largest absolute Gasteiger partial charge is 0.497 e. The van der Waals surface area contributed by atoms with Crippen LogP contribution in [0.4, 0.5) is 0 Å². The first-order valence-corrected chi connectivity index (χ1v) is 10.9. The third kappa shape index (κ3) is 5.31. The van der Waals surface area contributed by atoms with E-state index in [-0.39, 0.29) is 11.8 Å². The number of hydrogen-bond donors (Lipinski definition) is 1. The average Bonchev–Trinajstić information content (AvgIpc) is 2.86. The molecule has 33 heavy (non-hydrogen) atoms. The van der Waals surface area contributed by atoms with Crippen LogP contribution in [0.25, 0.3) is 11.1 Å². The lowest BCUT2D eigenvalue weighted by atomic mass is 9.99. The van der Waals surface area contributed by atoms with Crippen LogP contribution in [0.15, 0.2) is 73.1 Å². The summed E-state index contributed by atoms with van der Waals surface area (Å²) in [5.41, 5.74) is 3.13. The van der Waals surface area contributed by atoms with Gasteiger partial charge in [0.2, 0.25) is 5.91 Å². The van der Waals surface area contributed by atoms with Crippen molar-refractivity contribution in [3.8, 4) is 22.6 Å². The van der Waals surface area contributed by atoms with Gasteiger partial charge < -0.3 is 19.7 Å². The van der Waals surface area contributed by atoms with Crippen molar-refractivity contribution < 1.29 is 19.1 Å². The van der Waals surface area contributed by atoms with Gasteiger partial charge in [-0.05, 0) is 47.9 Å². The lowest BCUT2D eigenvalue weighted by molar-refractivity contribution is -0.147. The first-order valence-electron chi connectivity index (χ1n) is 10.9. The zero-order valence-electron chi connectivity index (χ0n) is 18.7. The summed E-state index contributed by atoms with van der Waals surface area (Å²) < 4.78 is 11.1. The normalized spacial score (nSPS) is 16.6. The van der Waals surface area contributed by atoms with E-state index >= 15 is 0 Å². The first kappa shape index (κ1) is 22.3. The van der Waals surface area contributed by atoms with E-state index in [2.05, 4.69) is 10.3 Å². The molecule has 0 unspecified atom stereocenters. The van der Waals surface area contributed by atoms with Gasteiger partial charge in [-0.1, -0.05) is 30.3 Å². The zero-order chi connectivity index (χ0) is 23.2. The van der Waals surface area contributed by atoms with Crippen LogP contribution in [-0.2, 0) is 16.0 Å². The second-order valence-corrected chi connectivity index (χ2v) is 7.91. The van der Waals surface area contributed by atoms with Gasteiger partial charge in [0.1, 0.15) is 17.5 Å². The fourth-order valence-electron chi connectivity index (χ4n) is 3.94. The summed E-state index contributed by atoms with van der Waals surface area (Å²) in [7, 11) is 1.58. The van der Waals surface area contributed by atoms with E-state index in [9.17, 15) is 9.59 Å². The van der Waals surface area contributed by atoms with Crippen LogP contribution in [0.1, 0.15) is 12.5 Å². The van der Waals surface area contributed by atoms with Gasteiger partial charge in [-0.3, -0.25) is 14.6 Å². The number of methoxy groups -OCH3 is 1. The molecule has 2 amide bonds. The minimum Gasteiger partial charge on any atom is -0.497 e. The van der Waals surface area contributed by atoms with Crippen LogP contribution in [0, 0.1) is 0 Å². The minimum atomic E-state index is -0.737. The monoisotopic (exact) mass is 445 g/mol. The first-order chi connectivity index (χ1) is 16.0. The molecule has 1 fully saturated rings. The summed E-state index contributed by atoms with van der Waals surface area (Å²) in [6, 6.07) is 18.5. The number of piperazine rings is 1. The molecule has 0 spiro atoms. The van der Waals surface area contributed by atoms with Crippen LogP contribution >= 0.6 is 0 Å². The van der Waals surface area contributed by atoms with Crippen LogP contribution < -0.4 is 14.8 Å². The van der Waals surface area contributed by atoms with E-state index in [0.717, 1.165) is 16.7 Å². The van der Waals surface area contributed by atoms with Crippen molar-refractivity contribution in [1.82, 2.24) is 15.2 Å². The van der Waals surface area contributed by atoms with E-state index in [1.165, 1.54) is 0 Å². The molecule has 0 saturated carbocycles. The number of benzene rings is 2. The Labute approximate surface area is 193 Å². The number of nitrogens with one attached hydrogen (secondary N) is 1. The van der Waals surface area contributed by atoms with Gasteiger partial charge in [0.15, 0.2) is 6.10 Å². The summed E-state index contributed by atoms with van der Waals surface area (Å²) in [6.07, 6.45) is 3.21. The molecule has 0 bridgehead atoms. The molecule has 1 aromatic heterocycles. The van der Waals surface area contributed by atoms with Crippen LogP contribution in [0.5, 0.6) is 11.5 Å². The fraction of sp³-hybridized carbons (Fsp3) is 0.269. The molecular formula is C26H27N3O4. The maximum Gasteiger partial charge on any atom is 0.264 e. The molecule has 2 heterocycles. The standard InChI is InChI=1S/C26H27N3O4/c1-18(33-23-5-3-4-22(17-23)32-2)26(31)29-15-14-28-25(30)24(29)16-19-6-8-20(9-7-19)21-10-12-27-13-11-21/h3-13,17-18,24H,14-16H2,1-2H3,(H,28,30)/t18-,24-/m1/s1. The van der Waals surface area contributed by atoms with E-state index in [1.807, 2.05) is 42.5 Å². The van der Waals surface area contributed by atoms with Gasteiger partial charge in [-0.25, -0.2) is 0 Å². The van der Waals surface area contributed by atoms with Crippen molar-refractivity contribution >= 4 is 11.8 Å². The number of pyridine rings is 1. The molecule has 7 heteroatoms. The Morgan fingerprint density at radius 2 is 1.79 bits per heavy atom. The fourth-order valence-corrected chi connectivity index (χ4v) is 3.94. The van der Waals surface area contributed by atoms with Gasteiger partial charge in [0.25, 0.3) is 5.91 Å². The molecule has 2 aromatic carbocycles. The summed E-state index contributed by atoms with van der Waals surface area (Å²) >= 11 is 0. The van der Waals surface area contributed by atoms with Crippen molar-refractivity contribution in [2.45, 2.75) is 25.5 Å². The van der Waals surface area contributed by atoms with Crippen LogP contribution in [-0.4, -0.2) is 54.0 Å². The number of hydrogen-bond acceptors (Lipinski definition) is 5. The van der Waals surface area contributed by atoms with Gasteiger partial charge in [0.05, 0.1) is 7.11 Å². The Morgan fingerprint density at radius 1 is 1.09 bits per heavy atom. The summed E-state index contributed by atoms with van der Waals surface area (Å²) in [5.74, 6) is 0.824. The predicted molar refractivity (Wildman–Crippen MR) is 125 cm³/mol. The Bertz CT molecular complexity index is 1100. The number of carbonyl (C=O) groups is 2. The molecule has 0 radical (unpaired) electrons. The van der Waals surface area contributed by atoms with Gasteiger partial charge in [0, 0.05) is 38.0 Å². The molecule has 0 aliphatic carbocycles. The molecule has 170 valence electrons. The topological polar surface area (TPSA) is 80.8 Å². The second kappa shape index (κ2) is 10.2. The Morgan fingerprint density at radius 3 is 2.52 bits per heavy atom. The lowest BCUT2D eigenvalue weighted by Gasteiger charge is -2.36. The van der Waals surface area contributed by atoms with Crippen molar-refractivity contribution in [3.05, 3.63) is 78.6 Å². The Kier molecular flexibility index (Phi) is 6.88. The summed E-state index contributed by atoms with van der Waals surface area (Å²) in [4.78, 5) is 31.6. The Balaban J connectivity index is 1.46. The molecule has 2 atom stereocenters. The number of rotatable bonds is 7. The molecule has 1 saturated heterocycles. The molecule has 1 aliphatic heterocycles. The smallest absolute Gasteiger partial charge is 0.264 e. The highest BCUT2D eigenvalue weighted by atomic mass is 16.5. The van der Waals surface area contributed by atoms with Crippen molar-refractivity contribution in [3.63, 3.8) is 0 Å². The van der Waals surface area contributed by atoms with E-state index in [1.54, 1.807) is 49.5 Å². The van der Waals surface area contributed by atoms with E-state index < -0.39 is 12.1 Å². The number of ether oxygens (including phenoxy) is 2. The van der Waals surface area contributed by atoms with Crippen LogP contribution in [0.2, 0.25) is 0 Å². The van der Waals surface area contributed by atoms with Gasteiger partial charge in [-0.2, -0.15) is 0 Å². The highest BCUT2D eigenvalue weighted by Crippen LogP contribution is 2.23. The third-order valence-corrected chi connectivity index (χ3v) is 5.71. The molecule has 3 aromatic rings. The second-order valence-electron chi connectivity index (χ2n) is 7.91. The van der Waals surface area contributed by atoms with E-state index in [4.69, 9.17) is 9.47 Å². The average molecular weight is 446 g/mol. The Hall–Kier alpha value is -3.87. The van der Waals surface area contributed by atoms with Gasteiger partial charge >= 0.3 is 0 Å². The highest BCUT2D eigenvalue weighted by molar-refractivity contribution is 5.90. The minimum absolute atomic E-state index is 0.151. The predicted octanol–water partition coefficient (Wildman–Crippen LogP) is 3.09. The van der Waals surface area contributed by atoms with Gasteiger partial charge in [-0.15, -0.1) is 0 Å². The van der Waals surface area contributed by atoms with Crippen molar-refractivity contribution in [2.75, 3.05) is 20.2 Å². The number of amides is 2. The molecule has 7 nitrogen and oxygen atoms in total. The third-order valence-electron chi connectivity index (χ3n) is 5.71. The van der Waals surface area contributed by atoms with E-state index in [0.29, 0.717) is 31.0 Å². The van der Waals surface area contributed by atoms with Crippen LogP contribution in [0.3, 0.4) is 0 Å². The summed E-state index contributed by atoms with van der Waals surface area (Å²) in [6.45, 7) is 2.57. The molecule has 1 N–H and O–H groups in total.